The van der Waals surface area contributed by atoms with E-state index >= 15 is 8.78 Å². The van der Waals surface area contributed by atoms with Gasteiger partial charge in [-0.05, 0) is 69.9 Å². The average Bonchev–Trinajstić information content (AvgIpc) is 2.99. The van der Waals surface area contributed by atoms with E-state index < -0.39 is 25.6 Å². The molecule has 2 aromatic carbocycles. The molecule has 1 amide bonds. The first-order valence-electron chi connectivity index (χ1n) is 15.9. The number of halogens is 2. The first kappa shape index (κ1) is 36.1. The lowest BCUT2D eigenvalue weighted by molar-refractivity contribution is 0.0187. The van der Waals surface area contributed by atoms with Crippen LogP contribution in [0.25, 0.3) is 10.9 Å². The van der Waals surface area contributed by atoms with E-state index in [9.17, 15) is 9.59 Å². The van der Waals surface area contributed by atoms with Crippen molar-refractivity contribution >= 4 is 36.7 Å². The predicted octanol–water partition coefficient (Wildman–Crippen LogP) is 7.42. The van der Waals surface area contributed by atoms with Crippen molar-refractivity contribution in [1.29, 1.82) is 0 Å². The van der Waals surface area contributed by atoms with E-state index in [4.69, 9.17) is 18.6 Å². The summed E-state index contributed by atoms with van der Waals surface area (Å²) in [5.74, 6) is -2.18. The maximum atomic E-state index is 15.9. The van der Waals surface area contributed by atoms with Crippen LogP contribution in [0.1, 0.15) is 60.4 Å². The average molecular weight is 675 g/mol. The minimum Gasteiger partial charge on any atom is -0.493 e. The molecule has 13 heteroatoms. The second-order valence-electron chi connectivity index (χ2n) is 14.4. The van der Waals surface area contributed by atoms with Gasteiger partial charge in [-0.2, -0.15) is 0 Å². The van der Waals surface area contributed by atoms with Crippen LogP contribution in [0.15, 0.2) is 35.4 Å². The van der Waals surface area contributed by atoms with E-state index in [2.05, 4.69) is 38.8 Å². The Morgan fingerprint density at radius 3 is 2.13 bits per heavy atom. The minimum atomic E-state index is -2.20. The molecule has 0 atom stereocenters. The number of likely N-dealkylation sites (tertiary alicyclic amines) is 1. The van der Waals surface area contributed by atoms with Gasteiger partial charge in [0.1, 0.15) is 11.3 Å². The second kappa shape index (κ2) is 13.8. The van der Waals surface area contributed by atoms with Crippen LogP contribution < -0.4 is 19.9 Å². The summed E-state index contributed by atoms with van der Waals surface area (Å²) in [6, 6.07) is 5.92. The lowest BCUT2D eigenvalue weighted by atomic mass is 10.0. The summed E-state index contributed by atoms with van der Waals surface area (Å²) in [6.45, 7) is 17.2. The number of anilines is 2. The molecule has 0 radical (unpaired) electrons. The third kappa shape index (κ3) is 7.89. The molecule has 1 aliphatic rings. The third-order valence-corrected chi connectivity index (χ3v) is 13.5. The summed E-state index contributed by atoms with van der Waals surface area (Å²) >= 11 is 0. The molecular weight excluding hydrogens is 626 g/mol. The van der Waals surface area contributed by atoms with E-state index in [-0.39, 0.29) is 53.1 Å². The Morgan fingerprint density at radius 2 is 1.60 bits per heavy atom. The van der Waals surface area contributed by atoms with Crippen molar-refractivity contribution in [2.24, 2.45) is 0 Å². The van der Waals surface area contributed by atoms with Crippen LogP contribution in [0.2, 0.25) is 18.1 Å². The molecular formula is C34H48F2N4O6Si. The Balaban J connectivity index is 1.73. The predicted molar refractivity (Wildman–Crippen MR) is 182 cm³/mol. The van der Waals surface area contributed by atoms with Crippen molar-refractivity contribution < 1.29 is 32.2 Å². The van der Waals surface area contributed by atoms with Crippen molar-refractivity contribution in [3.05, 3.63) is 52.6 Å². The van der Waals surface area contributed by atoms with Gasteiger partial charge in [0.2, 0.25) is 0 Å². The SMILES string of the molecule is COc1cc(OC)c(F)c(N(CCO[Si](C)(C)C(C)(C)C)c2ccc3ncn(C4CCN(C(=O)OC(C)(C)C)CC4)c(=O)c3c2)c1F. The highest BCUT2D eigenvalue weighted by atomic mass is 28.4. The van der Waals surface area contributed by atoms with Crippen molar-refractivity contribution in [3.63, 3.8) is 0 Å². The molecule has 2 heterocycles. The van der Waals surface area contributed by atoms with Crippen molar-refractivity contribution in [2.45, 2.75) is 84.2 Å². The maximum Gasteiger partial charge on any atom is 0.410 e. The molecule has 0 spiro atoms. The van der Waals surface area contributed by atoms with E-state index in [1.54, 1.807) is 27.7 Å². The molecule has 258 valence electrons. The van der Waals surface area contributed by atoms with Crippen LogP contribution in [0, 0.1) is 11.6 Å². The molecule has 0 aliphatic carbocycles. The van der Waals surface area contributed by atoms with Gasteiger partial charge in [-0.15, -0.1) is 0 Å². The van der Waals surface area contributed by atoms with Crippen LogP contribution in [-0.4, -0.2) is 74.9 Å². The van der Waals surface area contributed by atoms with Gasteiger partial charge in [0, 0.05) is 37.4 Å². The van der Waals surface area contributed by atoms with Gasteiger partial charge in [0.25, 0.3) is 5.56 Å². The summed E-state index contributed by atoms with van der Waals surface area (Å²) in [7, 11) is 0.397. The summed E-state index contributed by atoms with van der Waals surface area (Å²) in [5, 5.41) is 0.224. The number of aromatic nitrogens is 2. The molecule has 3 aromatic rings. The minimum absolute atomic E-state index is 0.0731. The number of nitrogens with zero attached hydrogens (tertiary/aromatic N) is 4. The van der Waals surface area contributed by atoms with Crippen LogP contribution in [0.3, 0.4) is 0 Å². The fourth-order valence-electron chi connectivity index (χ4n) is 5.29. The lowest BCUT2D eigenvalue weighted by Crippen LogP contribution is -2.43. The van der Waals surface area contributed by atoms with Crippen LogP contribution in [0.5, 0.6) is 11.5 Å². The number of piperidine rings is 1. The Kier molecular flexibility index (Phi) is 10.6. The first-order chi connectivity index (χ1) is 21.9. The van der Waals surface area contributed by atoms with E-state index in [0.29, 0.717) is 42.5 Å². The number of rotatable bonds is 9. The monoisotopic (exact) mass is 674 g/mol. The zero-order valence-corrected chi connectivity index (χ0v) is 30.2. The van der Waals surface area contributed by atoms with Crippen molar-refractivity contribution in [2.75, 3.05) is 45.4 Å². The highest BCUT2D eigenvalue weighted by Gasteiger charge is 2.37. The molecule has 0 unspecified atom stereocenters. The first-order valence-corrected chi connectivity index (χ1v) is 18.8. The number of fused-ring (bicyclic) bond motifs is 1. The van der Waals surface area contributed by atoms with Gasteiger partial charge in [-0.3, -0.25) is 9.36 Å². The van der Waals surface area contributed by atoms with Crippen molar-refractivity contribution in [3.8, 4) is 11.5 Å². The normalized spacial score (nSPS) is 14.8. The van der Waals surface area contributed by atoms with Crippen molar-refractivity contribution in [1.82, 2.24) is 14.5 Å². The Morgan fingerprint density at radius 1 is 1.00 bits per heavy atom. The Labute approximate surface area is 276 Å². The number of methoxy groups -OCH3 is 2. The smallest absolute Gasteiger partial charge is 0.410 e. The number of amides is 1. The quantitative estimate of drug-likeness (QED) is 0.217. The van der Waals surface area contributed by atoms with Crippen LogP contribution in [0.4, 0.5) is 25.0 Å². The number of benzene rings is 2. The van der Waals surface area contributed by atoms with Gasteiger partial charge in [-0.25, -0.2) is 18.6 Å². The summed E-state index contributed by atoms with van der Waals surface area (Å²) in [4.78, 5) is 34.1. The Bertz CT molecular complexity index is 1630. The van der Waals surface area contributed by atoms with E-state index in [1.165, 1.54) is 25.4 Å². The second-order valence-corrected chi connectivity index (χ2v) is 19.2. The molecule has 1 saturated heterocycles. The zero-order valence-electron chi connectivity index (χ0n) is 29.2. The highest BCUT2D eigenvalue weighted by molar-refractivity contribution is 6.74. The molecule has 1 aliphatic heterocycles. The van der Waals surface area contributed by atoms with Gasteiger partial charge in [0.05, 0.1) is 38.1 Å². The van der Waals surface area contributed by atoms with E-state index in [1.807, 2.05) is 20.8 Å². The molecule has 0 N–H and O–H groups in total. The van der Waals surface area contributed by atoms with Crippen LogP contribution >= 0.6 is 0 Å². The number of carbonyl (C=O) groups is 1. The molecule has 0 bridgehead atoms. The number of ether oxygens (including phenoxy) is 3. The Hall–Kier alpha value is -3.71. The van der Waals surface area contributed by atoms with Gasteiger partial charge >= 0.3 is 6.09 Å². The summed E-state index contributed by atoms with van der Waals surface area (Å²) < 4.78 is 55.7. The van der Waals surface area contributed by atoms with E-state index in [0.717, 1.165) is 6.07 Å². The lowest BCUT2D eigenvalue weighted by Gasteiger charge is -2.37. The van der Waals surface area contributed by atoms with Gasteiger partial charge in [0.15, 0.2) is 31.5 Å². The standard InChI is InChI=1S/C34H48F2N4O6Si/c1-33(2,3)46-32(42)38-15-13-22(14-16-38)40-21-37-25-12-11-23(19-24(25)31(40)41)39(17-18-45-47(9,10)34(4,5)6)30-28(35)26(43-7)20-27(44-8)29(30)36/h11-12,19-22H,13-18H2,1-10H3. The highest BCUT2D eigenvalue weighted by Crippen LogP contribution is 2.41. The molecule has 10 nitrogen and oxygen atoms in total. The molecule has 1 aromatic heterocycles. The van der Waals surface area contributed by atoms with Gasteiger partial charge in [-0.1, -0.05) is 20.8 Å². The van der Waals surface area contributed by atoms with Crippen LogP contribution in [-0.2, 0) is 9.16 Å². The molecule has 1 fully saturated rings. The molecule has 4 rings (SSSR count). The number of hydrogen-bond acceptors (Lipinski definition) is 8. The number of hydrogen-bond donors (Lipinski definition) is 0. The number of carbonyl (C=O) groups excluding carboxylic acids is 1. The topological polar surface area (TPSA) is 95.4 Å². The summed E-state index contributed by atoms with van der Waals surface area (Å²) in [6.07, 6.45) is 2.23. The fraction of sp³-hybridized carbons (Fsp3) is 0.559. The molecule has 47 heavy (non-hydrogen) atoms. The zero-order chi connectivity index (χ0) is 34.9. The largest absolute Gasteiger partial charge is 0.493 e. The van der Waals surface area contributed by atoms with Gasteiger partial charge < -0.3 is 28.4 Å². The fourth-order valence-corrected chi connectivity index (χ4v) is 6.33. The third-order valence-electron chi connectivity index (χ3n) is 8.99. The maximum absolute atomic E-state index is 15.9. The molecule has 0 saturated carbocycles. The summed E-state index contributed by atoms with van der Waals surface area (Å²) in [5.41, 5.74) is -0.437.